The molecule has 0 aliphatic carbocycles. The van der Waals surface area contributed by atoms with Gasteiger partial charge >= 0.3 is 0 Å². The van der Waals surface area contributed by atoms with Gasteiger partial charge in [0.2, 0.25) is 0 Å². The van der Waals surface area contributed by atoms with Gasteiger partial charge in [-0.2, -0.15) is 0 Å². The van der Waals surface area contributed by atoms with E-state index in [0.717, 1.165) is 50.0 Å². The monoisotopic (exact) mass is 739 g/mol. The molecule has 1 radical (unpaired) electrons. The van der Waals surface area contributed by atoms with Crippen molar-refractivity contribution in [3.63, 3.8) is 0 Å². The third-order valence-electron chi connectivity index (χ3n) is 6.96. The number of rotatable bonds is 3. The number of halogens is 1. The maximum Gasteiger partial charge on any atom is 0.126 e. The maximum atomic E-state index is 13.8. The van der Waals surface area contributed by atoms with Crippen molar-refractivity contribution in [3.8, 4) is 28.3 Å². The summed E-state index contributed by atoms with van der Waals surface area (Å²) in [6, 6.07) is 40.5. The standard InChI is InChI=1S/C25H15FN3O.C11H8N.Ir/c1-15-12-21-22(14-27-15)29(17-6-3-2-4-7-17)25(28-21)20-9-5-8-19-18-11-10-16(26)13-23(18)30-24(19)20;1-2-6-10(7-3-1)11-8-4-5-9-12-11;/h2-8,10-14H,1H3;1-6,8-9H;/q2*-1;. The van der Waals surface area contributed by atoms with Crippen molar-refractivity contribution in [1.29, 1.82) is 0 Å². The van der Waals surface area contributed by atoms with Crippen molar-refractivity contribution in [2.75, 3.05) is 0 Å². The number of hydrogen-bond donors (Lipinski definition) is 0. The minimum absolute atomic E-state index is 0. The van der Waals surface area contributed by atoms with Crippen LogP contribution in [-0.2, 0) is 20.1 Å². The number of fused-ring (bicyclic) bond motifs is 4. The Kier molecular flexibility index (Phi) is 7.92. The van der Waals surface area contributed by atoms with Crippen LogP contribution in [-0.4, -0.2) is 19.5 Å². The fraction of sp³-hybridized carbons (Fsp3) is 0.0278. The first kappa shape index (κ1) is 28.2. The summed E-state index contributed by atoms with van der Waals surface area (Å²) in [6.07, 6.45) is 3.62. The topological polar surface area (TPSA) is 56.7 Å². The van der Waals surface area contributed by atoms with Crippen LogP contribution in [0.2, 0.25) is 0 Å². The van der Waals surface area contributed by atoms with Crippen LogP contribution in [0.25, 0.3) is 61.3 Å². The normalized spacial score (nSPS) is 10.8. The second-order valence-corrected chi connectivity index (χ2v) is 9.75. The molecule has 4 aromatic heterocycles. The van der Waals surface area contributed by atoms with E-state index in [0.29, 0.717) is 17.0 Å². The number of hydrogen-bond acceptors (Lipinski definition) is 4. The zero-order valence-electron chi connectivity index (χ0n) is 23.0. The Morgan fingerprint density at radius 1 is 0.791 bits per heavy atom. The van der Waals surface area contributed by atoms with Crippen LogP contribution in [0.4, 0.5) is 4.39 Å². The van der Waals surface area contributed by atoms with E-state index in [1.54, 1.807) is 12.3 Å². The number of imidazole rings is 1. The average Bonchev–Trinajstić information content (AvgIpc) is 3.60. The van der Waals surface area contributed by atoms with Gasteiger partial charge in [-0.3, -0.25) is 9.97 Å². The molecule has 0 amide bonds. The molecule has 0 aliphatic heterocycles. The van der Waals surface area contributed by atoms with E-state index in [1.165, 1.54) is 12.1 Å². The molecule has 43 heavy (non-hydrogen) atoms. The van der Waals surface area contributed by atoms with Crippen LogP contribution < -0.4 is 0 Å². The van der Waals surface area contributed by atoms with Gasteiger partial charge < -0.3 is 14.0 Å². The smallest absolute Gasteiger partial charge is 0.126 e. The SMILES string of the molecule is Cc1cc2nc(-c3[c-]ccc4c3oc3cc(F)ccc34)n(-c3ccccc3)c2cn1.[Ir].[c-]1ccccc1-c1ccccn1. The van der Waals surface area contributed by atoms with Gasteiger partial charge in [0.1, 0.15) is 11.4 Å². The van der Waals surface area contributed by atoms with Crippen molar-refractivity contribution in [2.45, 2.75) is 6.92 Å². The molecular formula is C36H23FIrN4O-2. The molecule has 8 aromatic rings. The van der Waals surface area contributed by atoms with E-state index in [9.17, 15) is 4.39 Å². The van der Waals surface area contributed by atoms with Crippen LogP contribution in [0.15, 0.2) is 126 Å². The zero-order chi connectivity index (χ0) is 28.5. The minimum Gasteiger partial charge on any atom is -0.500 e. The van der Waals surface area contributed by atoms with Gasteiger partial charge in [0.15, 0.2) is 0 Å². The molecule has 0 bridgehead atoms. The van der Waals surface area contributed by atoms with Crippen LogP contribution in [0.1, 0.15) is 5.69 Å². The van der Waals surface area contributed by atoms with Crippen molar-refractivity contribution < 1.29 is 28.9 Å². The van der Waals surface area contributed by atoms with Gasteiger partial charge in [-0.25, -0.2) is 4.39 Å². The second kappa shape index (κ2) is 12.1. The Balaban J connectivity index is 0.000000213. The third kappa shape index (κ3) is 5.48. The first-order valence-electron chi connectivity index (χ1n) is 13.5. The van der Waals surface area contributed by atoms with Crippen molar-refractivity contribution in [3.05, 3.63) is 145 Å². The second-order valence-electron chi connectivity index (χ2n) is 9.75. The third-order valence-corrected chi connectivity index (χ3v) is 6.96. The van der Waals surface area contributed by atoms with Gasteiger partial charge in [0.05, 0.1) is 28.6 Å². The van der Waals surface area contributed by atoms with Gasteiger partial charge in [-0.05, 0) is 49.0 Å². The molecule has 0 atom stereocenters. The average molecular weight is 739 g/mol. The van der Waals surface area contributed by atoms with Crippen LogP contribution in [0.5, 0.6) is 0 Å². The maximum absolute atomic E-state index is 13.8. The molecule has 8 rings (SSSR count). The zero-order valence-corrected chi connectivity index (χ0v) is 25.4. The largest absolute Gasteiger partial charge is 0.500 e. The van der Waals surface area contributed by atoms with E-state index in [2.05, 4.69) is 26.7 Å². The molecular weight excluding hydrogens is 716 g/mol. The Labute approximate surface area is 261 Å². The minimum atomic E-state index is -0.329. The number of aromatic nitrogens is 4. The van der Waals surface area contributed by atoms with Crippen LogP contribution in [0, 0.1) is 24.9 Å². The quantitative estimate of drug-likeness (QED) is 0.170. The Hall–Kier alpha value is -4.97. The summed E-state index contributed by atoms with van der Waals surface area (Å²) in [5.74, 6) is 0.374. The summed E-state index contributed by atoms with van der Waals surface area (Å²) in [5.41, 5.74) is 7.48. The molecule has 211 valence electrons. The molecule has 7 heteroatoms. The van der Waals surface area contributed by atoms with Crippen LogP contribution >= 0.6 is 0 Å². The number of pyridine rings is 2. The van der Waals surface area contributed by atoms with Gasteiger partial charge in [-0.15, -0.1) is 54.1 Å². The Bertz CT molecular complexity index is 2120. The molecule has 5 nitrogen and oxygen atoms in total. The molecule has 0 saturated heterocycles. The molecule has 0 unspecified atom stereocenters. The number of benzene rings is 4. The number of furan rings is 1. The number of nitrogens with zero attached hydrogens (tertiary/aromatic N) is 4. The first-order valence-corrected chi connectivity index (χ1v) is 13.5. The number of aryl methyl sites for hydroxylation is 1. The summed E-state index contributed by atoms with van der Waals surface area (Å²) in [4.78, 5) is 13.6. The van der Waals surface area contributed by atoms with Gasteiger partial charge in [0.25, 0.3) is 0 Å². The van der Waals surface area contributed by atoms with Crippen LogP contribution in [0.3, 0.4) is 0 Å². The first-order chi connectivity index (χ1) is 20.7. The molecule has 0 spiro atoms. The van der Waals surface area contributed by atoms with Gasteiger partial charge in [-0.1, -0.05) is 41.3 Å². The summed E-state index contributed by atoms with van der Waals surface area (Å²) >= 11 is 0. The van der Waals surface area contributed by atoms with E-state index in [-0.39, 0.29) is 25.9 Å². The summed E-state index contributed by atoms with van der Waals surface area (Å²) in [7, 11) is 0. The predicted molar refractivity (Wildman–Crippen MR) is 164 cm³/mol. The molecule has 0 aliphatic rings. The van der Waals surface area contributed by atoms with E-state index < -0.39 is 0 Å². The van der Waals surface area contributed by atoms with E-state index >= 15 is 0 Å². The summed E-state index contributed by atoms with van der Waals surface area (Å²) in [6.45, 7) is 1.95. The molecule has 0 N–H and O–H groups in total. The predicted octanol–water partition coefficient (Wildman–Crippen LogP) is 8.78. The Morgan fingerprint density at radius 2 is 1.63 bits per heavy atom. The molecule has 0 saturated carbocycles. The van der Waals surface area contributed by atoms with Crippen molar-refractivity contribution >= 4 is 33.0 Å². The molecule has 4 heterocycles. The van der Waals surface area contributed by atoms with Gasteiger partial charge in [0, 0.05) is 49.1 Å². The molecule has 0 fully saturated rings. The van der Waals surface area contributed by atoms with E-state index in [4.69, 9.17) is 9.40 Å². The fourth-order valence-corrected chi connectivity index (χ4v) is 5.04. The van der Waals surface area contributed by atoms with Crippen molar-refractivity contribution in [1.82, 2.24) is 19.5 Å². The fourth-order valence-electron chi connectivity index (χ4n) is 5.04. The Morgan fingerprint density at radius 3 is 2.42 bits per heavy atom. The molecule has 4 aromatic carbocycles. The number of para-hydroxylation sites is 1. The van der Waals surface area contributed by atoms with Crippen molar-refractivity contribution in [2.24, 2.45) is 0 Å². The summed E-state index contributed by atoms with van der Waals surface area (Å²) < 4.78 is 21.9. The summed E-state index contributed by atoms with van der Waals surface area (Å²) in [5, 5.41) is 1.77. The van der Waals surface area contributed by atoms with E-state index in [1.807, 2.05) is 104 Å².